The minimum Gasteiger partial charge on any atom is -0.483 e. The minimum atomic E-state index is -0.110. The van der Waals surface area contributed by atoms with Crippen molar-refractivity contribution in [3.8, 4) is 5.75 Å². The first-order chi connectivity index (χ1) is 14.6. The summed E-state index contributed by atoms with van der Waals surface area (Å²) in [6.07, 6.45) is 3.20. The maximum atomic E-state index is 13.0. The van der Waals surface area contributed by atoms with E-state index >= 15 is 0 Å². The van der Waals surface area contributed by atoms with Gasteiger partial charge in [-0.05, 0) is 42.9 Å². The van der Waals surface area contributed by atoms with Gasteiger partial charge in [0.25, 0.3) is 5.91 Å². The van der Waals surface area contributed by atoms with Crippen molar-refractivity contribution in [3.63, 3.8) is 0 Å². The largest absolute Gasteiger partial charge is 0.483 e. The fourth-order valence-electron chi connectivity index (χ4n) is 4.05. The standard InChI is InChI=1S/C25H32N2O3/c1-3-19-10-8-9-13-23(19)30-18-24(28)26-21-14-16-27(17-15-21)25(29)22(4-2)20-11-6-5-7-12-20/h5-13,21-22H,3-4,14-18H2,1-2H3,(H,26,28). The second-order valence-electron chi connectivity index (χ2n) is 7.79. The molecule has 0 saturated carbocycles. The van der Waals surface area contributed by atoms with Gasteiger partial charge in [0.1, 0.15) is 5.75 Å². The lowest BCUT2D eigenvalue weighted by atomic mass is 9.93. The van der Waals surface area contributed by atoms with Gasteiger partial charge in [-0.15, -0.1) is 0 Å². The molecule has 5 nitrogen and oxygen atoms in total. The van der Waals surface area contributed by atoms with Crippen molar-refractivity contribution in [1.29, 1.82) is 0 Å². The van der Waals surface area contributed by atoms with Crippen LogP contribution in [0, 0.1) is 0 Å². The van der Waals surface area contributed by atoms with Crippen LogP contribution in [0.2, 0.25) is 0 Å². The van der Waals surface area contributed by atoms with E-state index in [0.717, 1.165) is 42.6 Å². The number of hydrogen-bond donors (Lipinski definition) is 1. The molecule has 0 aromatic heterocycles. The second kappa shape index (κ2) is 10.8. The fourth-order valence-corrected chi connectivity index (χ4v) is 4.05. The number of carbonyl (C=O) groups is 2. The highest BCUT2D eigenvalue weighted by molar-refractivity contribution is 5.84. The van der Waals surface area contributed by atoms with Crippen LogP contribution in [-0.4, -0.2) is 42.5 Å². The molecule has 0 aliphatic carbocycles. The van der Waals surface area contributed by atoms with E-state index in [1.165, 1.54) is 0 Å². The Kier molecular flexibility index (Phi) is 7.89. The number of likely N-dealkylation sites (tertiary alicyclic amines) is 1. The number of nitrogens with zero attached hydrogens (tertiary/aromatic N) is 1. The van der Waals surface area contributed by atoms with E-state index in [1.54, 1.807) is 0 Å². The Bertz CT molecular complexity index is 829. The van der Waals surface area contributed by atoms with Gasteiger partial charge in [-0.3, -0.25) is 9.59 Å². The van der Waals surface area contributed by atoms with Crippen molar-refractivity contribution in [2.45, 2.75) is 51.5 Å². The van der Waals surface area contributed by atoms with E-state index in [-0.39, 0.29) is 30.4 Å². The van der Waals surface area contributed by atoms with Gasteiger partial charge in [-0.2, -0.15) is 0 Å². The maximum absolute atomic E-state index is 13.0. The Hall–Kier alpha value is -2.82. The molecule has 1 N–H and O–H groups in total. The van der Waals surface area contributed by atoms with E-state index < -0.39 is 0 Å². The molecule has 0 radical (unpaired) electrons. The van der Waals surface area contributed by atoms with Crippen LogP contribution in [0.3, 0.4) is 0 Å². The van der Waals surface area contributed by atoms with Crippen molar-refractivity contribution in [2.24, 2.45) is 0 Å². The average molecular weight is 409 g/mol. The zero-order valence-electron chi connectivity index (χ0n) is 18.0. The summed E-state index contributed by atoms with van der Waals surface area (Å²) in [5.74, 6) is 0.751. The van der Waals surface area contributed by atoms with Crippen LogP contribution in [0.25, 0.3) is 0 Å². The molecule has 1 unspecified atom stereocenters. The zero-order chi connectivity index (χ0) is 21.3. The summed E-state index contributed by atoms with van der Waals surface area (Å²) in [6.45, 7) is 5.48. The highest BCUT2D eigenvalue weighted by atomic mass is 16.5. The minimum absolute atomic E-state index is 0.0159. The normalized spacial score (nSPS) is 15.5. The van der Waals surface area contributed by atoms with Crippen LogP contribution in [0.1, 0.15) is 50.2 Å². The first-order valence-electron chi connectivity index (χ1n) is 11.0. The predicted molar refractivity (Wildman–Crippen MR) is 119 cm³/mol. The molecule has 1 atom stereocenters. The van der Waals surface area contributed by atoms with Gasteiger partial charge < -0.3 is 15.0 Å². The molecule has 5 heteroatoms. The van der Waals surface area contributed by atoms with Crippen LogP contribution in [0.5, 0.6) is 5.75 Å². The number of carbonyl (C=O) groups excluding carboxylic acids is 2. The molecule has 1 aliphatic heterocycles. The summed E-state index contributed by atoms with van der Waals surface area (Å²) in [4.78, 5) is 27.3. The summed E-state index contributed by atoms with van der Waals surface area (Å²) in [7, 11) is 0. The van der Waals surface area contributed by atoms with Crippen LogP contribution in [-0.2, 0) is 16.0 Å². The highest BCUT2D eigenvalue weighted by Gasteiger charge is 2.28. The van der Waals surface area contributed by atoms with E-state index in [0.29, 0.717) is 13.1 Å². The first-order valence-corrected chi connectivity index (χ1v) is 11.0. The molecule has 160 valence electrons. The number of rotatable bonds is 8. The van der Waals surface area contributed by atoms with Crippen molar-refractivity contribution in [3.05, 3.63) is 65.7 Å². The molecule has 2 aromatic rings. The summed E-state index contributed by atoms with van der Waals surface area (Å²) < 4.78 is 5.71. The van der Waals surface area contributed by atoms with Crippen LogP contribution >= 0.6 is 0 Å². The lowest BCUT2D eigenvalue weighted by Gasteiger charge is -2.34. The zero-order valence-corrected chi connectivity index (χ0v) is 18.0. The topological polar surface area (TPSA) is 58.6 Å². The number of ether oxygens (including phenoxy) is 1. The molecule has 1 fully saturated rings. The van der Waals surface area contributed by atoms with E-state index in [1.807, 2.05) is 59.5 Å². The summed E-state index contributed by atoms with van der Waals surface area (Å²) in [5.41, 5.74) is 2.17. The summed E-state index contributed by atoms with van der Waals surface area (Å²) in [5, 5.41) is 3.06. The summed E-state index contributed by atoms with van der Waals surface area (Å²) >= 11 is 0. The van der Waals surface area contributed by atoms with Gasteiger partial charge in [0.2, 0.25) is 5.91 Å². The van der Waals surface area contributed by atoms with Crippen LogP contribution in [0.4, 0.5) is 0 Å². The molecular weight excluding hydrogens is 376 g/mol. The Morgan fingerprint density at radius 3 is 2.37 bits per heavy atom. The van der Waals surface area contributed by atoms with E-state index in [9.17, 15) is 9.59 Å². The smallest absolute Gasteiger partial charge is 0.258 e. The summed E-state index contributed by atoms with van der Waals surface area (Å²) in [6, 6.07) is 17.9. The number of hydrogen-bond acceptors (Lipinski definition) is 3. The first kappa shape index (κ1) is 21.9. The Balaban J connectivity index is 1.46. The number of amides is 2. The highest BCUT2D eigenvalue weighted by Crippen LogP contribution is 2.24. The predicted octanol–water partition coefficient (Wildman–Crippen LogP) is 3.93. The van der Waals surface area contributed by atoms with Gasteiger partial charge in [0.15, 0.2) is 6.61 Å². The van der Waals surface area contributed by atoms with Gasteiger partial charge in [-0.25, -0.2) is 0 Å². The molecular formula is C25H32N2O3. The van der Waals surface area contributed by atoms with Crippen molar-refractivity contribution < 1.29 is 14.3 Å². The lowest BCUT2D eigenvalue weighted by molar-refractivity contribution is -0.134. The monoisotopic (exact) mass is 408 g/mol. The molecule has 1 saturated heterocycles. The third kappa shape index (κ3) is 5.62. The van der Waals surface area contributed by atoms with Gasteiger partial charge in [-0.1, -0.05) is 62.4 Å². The molecule has 2 amide bonds. The van der Waals surface area contributed by atoms with Crippen molar-refractivity contribution in [2.75, 3.05) is 19.7 Å². The van der Waals surface area contributed by atoms with Crippen molar-refractivity contribution in [1.82, 2.24) is 10.2 Å². The average Bonchev–Trinajstić information content (AvgIpc) is 2.79. The molecule has 3 rings (SSSR count). The third-order valence-corrected chi connectivity index (χ3v) is 5.79. The van der Waals surface area contributed by atoms with Gasteiger partial charge >= 0.3 is 0 Å². The number of nitrogens with one attached hydrogen (secondary N) is 1. The molecule has 2 aromatic carbocycles. The molecule has 0 spiro atoms. The molecule has 1 heterocycles. The Morgan fingerprint density at radius 1 is 1.03 bits per heavy atom. The van der Waals surface area contributed by atoms with E-state index in [2.05, 4.69) is 19.2 Å². The second-order valence-corrected chi connectivity index (χ2v) is 7.79. The SMILES string of the molecule is CCc1ccccc1OCC(=O)NC1CCN(C(=O)C(CC)c2ccccc2)CC1. The van der Waals surface area contributed by atoms with Gasteiger partial charge in [0.05, 0.1) is 5.92 Å². The van der Waals surface area contributed by atoms with E-state index in [4.69, 9.17) is 4.74 Å². The third-order valence-electron chi connectivity index (χ3n) is 5.79. The van der Waals surface area contributed by atoms with Crippen LogP contribution in [0.15, 0.2) is 54.6 Å². The van der Waals surface area contributed by atoms with Crippen molar-refractivity contribution >= 4 is 11.8 Å². The quantitative estimate of drug-likeness (QED) is 0.720. The lowest BCUT2D eigenvalue weighted by Crippen LogP contribution is -2.48. The number of para-hydroxylation sites is 1. The maximum Gasteiger partial charge on any atom is 0.258 e. The molecule has 30 heavy (non-hydrogen) atoms. The van der Waals surface area contributed by atoms with Crippen LogP contribution < -0.4 is 10.1 Å². The van der Waals surface area contributed by atoms with Gasteiger partial charge in [0, 0.05) is 19.1 Å². The Labute approximate surface area is 179 Å². The molecule has 1 aliphatic rings. The fraction of sp³-hybridized carbons (Fsp3) is 0.440. The number of aryl methyl sites for hydroxylation is 1. The number of piperidine rings is 1. The molecule has 0 bridgehead atoms. The number of benzene rings is 2. The Morgan fingerprint density at radius 2 is 1.70 bits per heavy atom.